The van der Waals surface area contributed by atoms with E-state index < -0.39 is 0 Å². The van der Waals surface area contributed by atoms with Crippen LogP contribution in [0.25, 0.3) is 0 Å². The van der Waals surface area contributed by atoms with Gasteiger partial charge in [0.15, 0.2) is 11.5 Å². The first-order valence-corrected chi connectivity index (χ1v) is 6.27. The zero-order valence-electron chi connectivity index (χ0n) is 11.1. The van der Waals surface area contributed by atoms with Crippen LogP contribution in [0.2, 0.25) is 0 Å². The molecule has 0 unspecified atom stereocenters. The van der Waals surface area contributed by atoms with Crippen molar-refractivity contribution >= 4 is 23.3 Å². The van der Waals surface area contributed by atoms with E-state index in [4.69, 9.17) is 21.2 Å². The van der Waals surface area contributed by atoms with Crippen molar-refractivity contribution in [1.82, 2.24) is 9.97 Å². The zero-order valence-corrected chi connectivity index (χ0v) is 11.1. The highest BCUT2D eigenvalue weighted by atomic mass is 16.6. The van der Waals surface area contributed by atoms with E-state index in [0.29, 0.717) is 36.5 Å². The van der Waals surface area contributed by atoms with Crippen molar-refractivity contribution in [3.05, 3.63) is 24.3 Å². The Morgan fingerprint density at radius 3 is 2.24 bits per heavy atom. The van der Waals surface area contributed by atoms with Gasteiger partial charge in [-0.1, -0.05) is 0 Å². The molecule has 7 N–H and O–H groups in total. The molecule has 9 nitrogen and oxygen atoms in total. The number of hydrazine groups is 2. The van der Waals surface area contributed by atoms with Crippen LogP contribution in [0.1, 0.15) is 0 Å². The molecule has 1 aliphatic rings. The molecule has 110 valence electrons. The molecule has 0 radical (unpaired) electrons. The van der Waals surface area contributed by atoms with E-state index in [0.717, 1.165) is 11.4 Å². The van der Waals surface area contributed by atoms with Gasteiger partial charge >= 0.3 is 0 Å². The van der Waals surface area contributed by atoms with Crippen LogP contribution in [-0.4, -0.2) is 23.2 Å². The van der Waals surface area contributed by atoms with E-state index in [2.05, 4.69) is 26.1 Å². The summed E-state index contributed by atoms with van der Waals surface area (Å²) >= 11 is 0. The topological polar surface area (TPSA) is 132 Å². The second-order valence-electron chi connectivity index (χ2n) is 4.23. The molecule has 2 aromatic rings. The lowest BCUT2D eigenvalue weighted by molar-refractivity contribution is 0.171. The summed E-state index contributed by atoms with van der Waals surface area (Å²) in [4.78, 5) is 8.36. The Balaban J connectivity index is 1.86. The van der Waals surface area contributed by atoms with E-state index in [1.54, 1.807) is 6.07 Å². The lowest BCUT2D eigenvalue weighted by atomic mass is 10.2. The smallest absolute Gasteiger partial charge is 0.231 e. The molecule has 0 fully saturated rings. The molecule has 1 aromatic heterocycles. The standard InChI is InChI=1S/C12H15N7O2/c13-18-10-6-11(19-14)17-12(16-10)15-7-1-2-8-9(5-7)21-4-3-20-8/h1-2,5-6H,3-4,13-14H2,(H3,15,16,17,18,19). The Labute approximate surface area is 120 Å². The Morgan fingerprint density at radius 1 is 0.905 bits per heavy atom. The van der Waals surface area contributed by atoms with Crippen molar-refractivity contribution in [1.29, 1.82) is 0 Å². The Bertz CT molecular complexity index is 627. The van der Waals surface area contributed by atoms with Crippen molar-refractivity contribution in [3.8, 4) is 11.5 Å². The predicted molar refractivity (Wildman–Crippen MR) is 78.4 cm³/mol. The quantitative estimate of drug-likeness (QED) is 0.404. The van der Waals surface area contributed by atoms with Crippen LogP contribution in [0.5, 0.6) is 11.5 Å². The largest absolute Gasteiger partial charge is 0.486 e. The number of hydrogen-bond acceptors (Lipinski definition) is 9. The van der Waals surface area contributed by atoms with Gasteiger partial charge in [0, 0.05) is 17.8 Å². The summed E-state index contributed by atoms with van der Waals surface area (Å²) < 4.78 is 11.0. The molecule has 9 heteroatoms. The summed E-state index contributed by atoms with van der Waals surface area (Å²) in [7, 11) is 0. The zero-order chi connectivity index (χ0) is 14.7. The first kappa shape index (κ1) is 13.2. The average Bonchev–Trinajstić information content (AvgIpc) is 2.54. The minimum absolute atomic E-state index is 0.343. The summed E-state index contributed by atoms with van der Waals surface area (Å²) in [6, 6.07) is 7.06. The summed E-state index contributed by atoms with van der Waals surface area (Å²) in [6.45, 7) is 1.08. The molecule has 0 saturated heterocycles. The van der Waals surface area contributed by atoms with Gasteiger partial charge in [-0.25, -0.2) is 11.7 Å². The van der Waals surface area contributed by atoms with Gasteiger partial charge in [-0.3, -0.25) is 0 Å². The Kier molecular flexibility index (Phi) is 3.58. The molecule has 1 aliphatic heterocycles. The minimum Gasteiger partial charge on any atom is -0.486 e. The first-order chi connectivity index (χ1) is 10.3. The highest BCUT2D eigenvalue weighted by molar-refractivity contribution is 5.62. The predicted octanol–water partition coefficient (Wildman–Crippen LogP) is 0.563. The maximum absolute atomic E-state index is 5.52. The van der Waals surface area contributed by atoms with Crippen LogP contribution in [0.4, 0.5) is 23.3 Å². The third-order valence-corrected chi connectivity index (χ3v) is 2.82. The fraction of sp³-hybridized carbons (Fsp3) is 0.167. The van der Waals surface area contributed by atoms with Crippen LogP contribution in [0.3, 0.4) is 0 Å². The minimum atomic E-state index is 0.343. The van der Waals surface area contributed by atoms with Gasteiger partial charge in [0.1, 0.15) is 24.8 Å². The fourth-order valence-electron chi connectivity index (χ4n) is 1.90. The number of ether oxygens (including phenoxy) is 2. The second kappa shape index (κ2) is 5.69. The van der Waals surface area contributed by atoms with Crippen LogP contribution in [0, 0.1) is 0 Å². The van der Waals surface area contributed by atoms with E-state index in [1.165, 1.54) is 0 Å². The molecule has 2 heterocycles. The van der Waals surface area contributed by atoms with E-state index in [9.17, 15) is 0 Å². The maximum Gasteiger partial charge on any atom is 0.231 e. The Hall–Kier alpha value is -2.78. The number of anilines is 4. The number of nitrogens with one attached hydrogen (secondary N) is 3. The first-order valence-electron chi connectivity index (χ1n) is 6.27. The fourth-order valence-corrected chi connectivity index (χ4v) is 1.90. The van der Waals surface area contributed by atoms with Crippen LogP contribution >= 0.6 is 0 Å². The van der Waals surface area contributed by atoms with E-state index in [-0.39, 0.29) is 0 Å². The molecular formula is C12H15N7O2. The molecular weight excluding hydrogens is 274 g/mol. The highest BCUT2D eigenvalue weighted by Gasteiger charge is 2.12. The van der Waals surface area contributed by atoms with E-state index in [1.807, 2.05) is 18.2 Å². The molecule has 0 atom stereocenters. The van der Waals surface area contributed by atoms with E-state index >= 15 is 0 Å². The summed E-state index contributed by atoms with van der Waals surface area (Å²) in [5, 5.41) is 3.05. The summed E-state index contributed by atoms with van der Waals surface area (Å²) in [5.74, 6) is 13.3. The number of nitrogens with two attached hydrogens (primary N) is 2. The highest BCUT2D eigenvalue weighted by Crippen LogP contribution is 2.33. The van der Waals surface area contributed by atoms with Crippen molar-refractivity contribution in [2.75, 3.05) is 29.4 Å². The number of rotatable bonds is 4. The molecule has 0 spiro atoms. The van der Waals surface area contributed by atoms with Gasteiger partial charge in [-0.15, -0.1) is 0 Å². The third-order valence-electron chi connectivity index (χ3n) is 2.82. The second-order valence-corrected chi connectivity index (χ2v) is 4.23. The average molecular weight is 289 g/mol. The van der Waals surface area contributed by atoms with Crippen LogP contribution < -0.4 is 37.3 Å². The van der Waals surface area contributed by atoms with Gasteiger partial charge in [0.25, 0.3) is 0 Å². The van der Waals surface area contributed by atoms with Gasteiger partial charge in [0.05, 0.1) is 0 Å². The molecule has 0 aliphatic carbocycles. The maximum atomic E-state index is 5.52. The van der Waals surface area contributed by atoms with Crippen LogP contribution in [-0.2, 0) is 0 Å². The number of benzene rings is 1. The number of hydrogen-bond donors (Lipinski definition) is 5. The summed E-state index contributed by atoms with van der Waals surface area (Å²) in [6.07, 6.45) is 0. The molecule has 1 aromatic carbocycles. The van der Waals surface area contributed by atoms with Crippen molar-refractivity contribution in [2.24, 2.45) is 11.7 Å². The van der Waals surface area contributed by atoms with Gasteiger partial charge in [-0.2, -0.15) is 9.97 Å². The molecule has 3 rings (SSSR count). The van der Waals surface area contributed by atoms with Gasteiger partial charge in [-0.05, 0) is 12.1 Å². The number of nitrogen functional groups attached to an aromatic ring is 2. The normalized spacial score (nSPS) is 12.7. The lowest BCUT2D eigenvalue weighted by Crippen LogP contribution is -2.15. The summed E-state index contributed by atoms with van der Waals surface area (Å²) in [5.41, 5.74) is 5.65. The van der Waals surface area contributed by atoms with Gasteiger partial charge in [0.2, 0.25) is 5.95 Å². The lowest BCUT2D eigenvalue weighted by Gasteiger charge is -2.19. The van der Waals surface area contributed by atoms with Gasteiger partial charge < -0.3 is 25.6 Å². The van der Waals surface area contributed by atoms with Crippen molar-refractivity contribution in [3.63, 3.8) is 0 Å². The van der Waals surface area contributed by atoms with Crippen molar-refractivity contribution in [2.45, 2.75) is 0 Å². The number of fused-ring (bicyclic) bond motifs is 1. The SMILES string of the molecule is NNc1cc(NN)nc(Nc2ccc3c(c2)OCCO3)n1. The van der Waals surface area contributed by atoms with Crippen molar-refractivity contribution < 1.29 is 9.47 Å². The molecule has 21 heavy (non-hydrogen) atoms. The number of nitrogens with zero attached hydrogens (tertiary/aromatic N) is 2. The molecule has 0 saturated carbocycles. The molecule has 0 amide bonds. The monoisotopic (exact) mass is 289 g/mol. The number of aromatic nitrogens is 2. The van der Waals surface area contributed by atoms with Crippen LogP contribution in [0.15, 0.2) is 24.3 Å². The molecule has 0 bridgehead atoms. The third kappa shape index (κ3) is 2.88. The Morgan fingerprint density at radius 2 is 1.57 bits per heavy atom.